The second-order valence-corrected chi connectivity index (χ2v) is 12.5. The van der Waals surface area contributed by atoms with Gasteiger partial charge < -0.3 is 9.47 Å². The van der Waals surface area contributed by atoms with Gasteiger partial charge in [0.2, 0.25) is 0 Å². The predicted octanol–water partition coefficient (Wildman–Crippen LogP) is 11.1. The third-order valence-electron chi connectivity index (χ3n) is 9.59. The van der Waals surface area contributed by atoms with Gasteiger partial charge in [-0.1, -0.05) is 105 Å². The lowest BCUT2D eigenvalue weighted by Crippen LogP contribution is -2.16. The molecule has 0 amide bonds. The van der Waals surface area contributed by atoms with Crippen molar-refractivity contribution in [3.63, 3.8) is 0 Å². The van der Waals surface area contributed by atoms with Crippen molar-refractivity contribution in [3.8, 4) is 16.8 Å². The van der Waals surface area contributed by atoms with Gasteiger partial charge in [0.05, 0.1) is 34.1 Å². The molecular weight excluding hydrogens is 546 g/mol. The van der Waals surface area contributed by atoms with Crippen LogP contribution >= 0.6 is 0 Å². The molecule has 1 aliphatic rings. The summed E-state index contributed by atoms with van der Waals surface area (Å²) in [7, 11) is 0. The number of benzene rings is 6. The summed E-state index contributed by atoms with van der Waals surface area (Å²) in [5, 5.41) is 3.56. The maximum Gasteiger partial charge on any atom is 0.0703 e. The van der Waals surface area contributed by atoms with E-state index in [0.717, 1.165) is 44.7 Å². The largest absolute Gasteiger partial charge is 0.310 e. The Bertz CT molecular complexity index is 2420. The summed E-state index contributed by atoms with van der Waals surface area (Å²) in [4.78, 5) is 7.26. The summed E-state index contributed by atoms with van der Waals surface area (Å²) in [6, 6.07) is 52.6. The standard InChI is InChI=1S/C42H31N3/c1-42(2)35-18-9-7-16-32(35)33-24-23-30(26-36(33)42)44(29-14-4-3-5-15-29)39-21-12-22-40-41(39)34-17-8-11-20-38(34)45(40)31-25-28-13-6-10-19-37(28)43-27-31/h3-27H,1-2H3. The van der Waals surface area contributed by atoms with Crippen LogP contribution in [-0.4, -0.2) is 9.55 Å². The number of para-hydroxylation sites is 3. The highest BCUT2D eigenvalue weighted by Crippen LogP contribution is 2.51. The van der Waals surface area contributed by atoms with Gasteiger partial charge in [-0.25, -0.2) is 0 Å². The lowest BCUT2D eigenvalue weighted by atomic mass is 9.82. The SMILES string of the molecule is CC1(C)c2ccccc2-c2ccc(N(c3ccccc3)c3cccc4c3c3ccccc3n4-c3cnc4ccccc4c3)cc21. The zero-order valence-corrected chi connectivity index (χ0v) is 25.3. The van der Waals surface area contributed by atoms with Gasteiger partial charge in [0, 0.05) is 32.9 Å². The minimum atomic E-state index is -0.0879. The lowest BCUT2D eigenvalue weighted by molar-refractivity contribution is 0.660. The van der Waals surface area contributed by atoms with Crippen LogP contribution < -0.4 is 4.90 Å². The number of anilines is 3. The molecule has 6 aromatic carbocycles. The van der Waals surface area contributed by atoms with E-state index in [4.69, 9.17) is 4.98 Å². The first-order valence-corrected chi connectivity index (χ1v) is 15.6. The maximum absolute atomic E-state index is 4.84. The second kappa shape index (κ2) is 9.67. The molecule has 3 heteroatoms. The molecule has 3 nitrogen and oxygen atoms in total. The van der Waals surface area contributed by atoms with Crippen LogP contribution in [0.3, 0.4) is 0 Å². The normalized spacial score (nSPS) is 13.3. The molecule has 0 radical (unpaired) electrons. The minimum absolute atomic E-state index is 0.0879. The average Bonchev–Trinajstić information content (AvgIpc) is 3.54. The van der Waals surface area contributed by atoms with Crippen LogP contribution in [0.2, 0.25) is 0 Å². The fourth-order valence-corrected chi connectivity index (χ4v) is 7.48. The predicted molar refractivity (Wildman–Crippen MR) is 188 cm³/mol. The summed E-state index contributed by atoms with van der Waals surface area (Å²) < 4.78 is 2.36. The van der Waals surface area contributed by atoms with Crippen molar-refractivity contribution in [1.29, 1.82) is 0 Å². The Morgan fingerprint density at radius 2 is 1.31 bits per heavy atom. The molecule has 45 heavy (non-hydrogen) atoms. The van der Waals surface area contributed by atoms with E-state index >= 15 is 0 Å². The fourth-order valence-electron chi connectivity index (χ4n) is 7.48. The van der Waals surface area contributed by atoms with Gasteiger partial charge in [0.15, 0.2) is 0 Å². The molecule has 0 saturated carbocycles. The van der Waals surface area contributed by atoms with Crippen molar-refractivity contribution in [2.45, 2.75) is 19.3 Å². The van der Waals surface area contributed by atoms with Gasteiger partial charge in [-0.05, 0) is 76.9 Å². The Morgan fingerprint density at radius 3 is 2.22 bits per heavy atom. The van der Waals surface area contributed by atoms with Gasteiger partial charge >= 0.3 is 0 Å². The lowest BCUT2D eigenvalue weighted by Gasteiger charge is -2.28. The molecule has 8 aromatic rings. The molecule has 2 aromatic heterocycles. The molecule has 0 atom stereocenters. The molecule has 0 aliphatic heterocycles. The number of hydrogen-bond acceptors (Lipinski definition) is 2. The van der Waals surface area contributed by atoms with Gasteiger partial charge in [0.1, 0.15) is 0 Å². The van der Waals surface area contributed by atoms with E-state index < -0.39 is 0 Å². The molecule has 2 heterocycles. The van der Waals surface area contributed by atoms with E-state index in [9.17, 15) is 0 Å². The Labute approximate surface area is 262 Å². The van der Waals surface area contributed by atoms with Crippen molar-refractivity contribution in [1.82, 2.24) is 9.55 Å². The molecular formula is C42H31N3. The van der Waals surface area contributed by atoms with Gasteiger partial charge in [-0.2, -0.15) is 0 Å². The number of rotatable bonds is 4. The Balaban J connectivity index is 1.32. The van der Waals surface area contributed by atoms with E-state index in [2.05, 4.69) is 163 Å². The van der Waals surface area contributed by atoms with Gasteiger partial charge in [-0.15, -0.1) is 0 Å². The summed E-state index contributed by atoms with van der Waals surface area (Å²) >= 11 is 0. The highest BCUT2D eigenvalue weighted by atomic mass is 15.1. The molecule has 9 rings (SSSR count). The Kier molecular flexibility index (Phi) is 5.54. The van der Waals surface area contributed by atoms with E-state index in [1.807, 2.05) is 12.3 Å². The van der Waals surface area contributed by atoms with Crippen molar-refractivity contribution >= 4 is 49.8 Å². The number of nitrogens with zero attached hydrogens (tertiary/aromatic N) is 3. The second-order valence-electron chi connectivity index (χ2n) is 12.5. The van der Waals surface area contributed by atoms with Crippen molar-refractivity contribution in [3.05, 3.63) is 163 Å². The fraction of sp³-hybridized carbons (Fsp3) is 0.0714. The topological polar surface area (TPSA) is 21.1 Å². The number of pyridine rings is 1. The summed E-state index contributed by atoms with van der Waals surface area (Å²) in [5.74, 6) is 0. The number of hydrogen-bond donors (Lipinski definition) is 0. The first-order chi connectivity index (χ1) is 22.1. The first kappa shape index (κ1) is 25.8. The van der Waals surface area contributed by atoms with Gasteiger partial charge in [0.25, 0.3) is 0 Å². The molecule has 0 unspecified atom stereocenters. The van der Waals surface area contributed by atoms with E-state index in [0.29, 0.717) is 0 Å². The maximum atomic E-state index is 4.84. The number of aromatic nitrogens is 2. The smallest absolute Gasteiger partial charge is 0.0703 e. The molecule has 0 saturated heterocycles. The van der Waals surface area contributed by atoms with Crippen molar-refractivity contribution < 1.29 is 0 Å². The molecule has 0 N–H and O–H groups in total. The Hall–Kier alpha value is -5.67. The summed E-state index contributed by atoms with van der Waals surface area (Å²) in [6.07, 6.45) is 2.00. The van der Waals surface area contributed by atoms with E-state index in [1.165, 1.54) is 33.0 Å². The molecule has 0 bridgehead atoms. The highest BCUT2D eigenvalue weighted by molar-refractivity contribution is 6.16. The van der Waals surface area contributed by atoms with E-state index in [-0.39, 0.29) is 5.41 Å². The summed E-state index contributed by atoms with van der Waals surface area (Å²) in [5.41, 5.74) is 13.1. The quantitative estimate of drug-likeness (QED) is 0.207. The molecule has 0 fully saturated rings. The average molecular weight is 578 g/mol. The molecule has 1 aliphatic carbocycles. The zero-order chi connectivity index (χ0) is 30.1. The zero-order valence-electron chi connectivity index (χ0n) is 25.3. The van der Waals surface area contributed by atoms with Crippen LogP contribution in [0.4, 0.5) is 17.1 Å². The van der Waals surface area contributed by atoms with Crippen LogP contribution in [0, 0.1) is 0 Å². The third kappa shape index (κ3) is 3.80. The summed E-state index contributed by atoms with van der Waals surface area (Å²) in [6.45, 7) is 4.69. The van der Waals surface area contributed by atoms with Crippen LogP contribution in [0.5, 0.6) is 0 Å². The van der Waals surface area contributed by atoms with Crippen LogP contribution in [-0.2, 0) is 5.41 Å². The monoisotopic (exact) mass is 577 g/mol. The Morgan fingerprint density at radius 1 is 0.578 bits per heavy atom. The number of fused-ring (bicyclic) bond motifs is 7. The third-order valence-corrected chi connectivity index (χ3v) is 9.59. The van der Waals surface area contributed by atoms with E-state index in [1.54, 1.807) is 0 Å². The van der Waals surface area contributed by atoms with Crippen LogP contribution in [0.25, 0.3) is 49.5 Å². The van der Waals surface area contributed by atoms with Gasteiger partial charge in [-0.3, -0.25) is 4.98 Å². The van der Waals surface area contributed by atoms with Crippen LogP contribution in [0.1, 0.15) is 25.0 Å². The molecule has 214 valence electrons. The van der Waals surface area contributed by atoms with Crippen LogP contribution in [0.15, 0.2) is 152 Å². The van der Waals surface area contributed by atoms with Crippen molar-refractivity contribution in [2.24, 2.45) is 0 Å². The van der Waals surface area contributed by atoms with Crippen molar-refractivity contribution in [2.75, 3.05) is 4.90 Å². The highest BCUT2D eigenvalue weighted by Gasteiger charge is 2.36. The molecule has 0 spiro atoms. The first-order valence-electron chi connectivity index (χ1n) is 15.6. The minimum Gasteiger partial charge on any atom is -0.310 e.